The van der Waals surface area contributed by atoms with Crippen LogP contribution in [0.5, 0.6) is 5.75 Å². The molecule has 2 aliphatic rings. The Morgan fingerprint density at radius 2 is 1.63 bits per heavy atom. The van der Waals surface area contributed by atoms with E-state index < -0.39 is 23.3 Å². The zero-order valence-electron chi connectivity index (χ0n) is 17.0. The second-order valence-electron chi connectivity index (χ2n) is 8.69. The Kier molecular flexibility index (Phi) is 6.37. The summed E-state index contributed by atoms with van der Waals surface area (Å²) in [7, 11) is 0. The van der Waals surface area contributed by atoms with Crippen LogP contribution in [0.3, 0.4) is 0 Å². The molecule has 2 N–H and O–H groups in total. The summed E-state index contributed by atoms with van der Waals surface area (Å²) >= 11 is 0. The standard InChI is InChI=1S/C24H29F2NO3/c25-19-12-20(26)14-22(13-19)30-16-24(29)15-27(11-10-23(24)28)21-8-6-18(7-9-21)17-4-2-1-3-5-17/h1-5,12-14,18,21,23,28-29H,6-11,15-16H2/t18?,21?,23-,24-/m0/s1. The van der Waals surface area contributed by atoms with Gasteiger partial charge < -0.3 is 14.9 Å². The maximum atomic E-state index is 13.4. The molecule has 1 aliphatic carbocycles. The van der Waals surface area contributed by atoms with Crippen molar-refractivity contribution in [3.8, 4) is 5.75 Å². The van der Waals surface area contributed by atoms with Crippen LogP contribution in [-0.4, -0.2) is 52.6 Å². The molecule has 30 heavy (non-hydrogen) atoms. The molecular weight excluding hydrogens is 388 g/mol. The van der Waals surface area contributed by atoms with Crippen molar-refractivity contribution in [1.82, 2.24) is 4.90 Å². The van der Waals surface area contributed by atoms with Gasteiger partial charge in [0.15, 0.2) is 0 Å². The number of halogens is 2. The van der Waals surface area contributed by atoms with Crippen molar-refractivity contribution in [3.63, 3.8) is 0 Å². The largest absolute Gasteiger partial charge is 0.490 e. The van der Waals surface area contributed by atoms with Crippen molar-refractivity contribution in [2.45, 2.75) is 55.8 Å². The average Bonchev–Trinajstić information content (AvgIpc) is 2.75. The van der Waals surface area contributed by atoms with E-state index in [2.05, 4.69) is 29.2 Å². The molecule has 2 aromatic carbocycles. The molecule has 0 aromatic heterocycles. The topological polar surface area (TPSA) is 52.9 Å². The highest BCUT2D eigenvalue weighted by Crippen LogP contribution is 2.36. The van der Waals surface area contributed by atoms with Crippen LogP contribution in [0.15, 0.2) is 48.5 Å². The Hall–Kier alpha value is -2.02. The summed E-state index contributed by atoms with van der Waals surface area (Å²) in [6.45, 7) is 0.790. The third-order valence-electron chi connectivity index (χ3n) is 6.60. The quantitative estimate of drug-likeness (QED) is 0.776. The van der Waals surface area contributed by atoms with Crippen LogP contribution in [-0.2, 0) is 0 Å². The monoisotopic (exact) mass is 417 g/mol. The summed E-state index contributed by atoms with van der Waals surface area (Å²) in [5, 5.41) is 21.5. The van der Waals surface area contributed by atoms with Gasteiger partial charge in [0.1, 0.15) is 29.6 Å². The lowest BCUT2D eigenvalue weighted by Crippen LogP contribution is -2.62. The summed E-state index contributed by atoms with van der Waals surface area (Å²) in [6, 6.07) is 13.8. The van der Waals surface area contributed by atoms with Crippen LogP contribution in [0.2, 0.25) is 0 Å². The number of aliphatic hydroxyl groups excluding tert-OH is 1. The zero-order valence-corrected chi connectivity index (χ0v) is 17.0. The van der Waals surface area contributed by atoms with E-state index in [4.69, 9.17) is 4.74 Å². The van der Waals surface area contributed by atoms with E-state index in [1.165, 1.54) is 5.56 Å². The molecule has 0 bridgehead atoms. The van der Waals surface area contributed by atoms with Crippen LogP contribution in [0, 0.1) is 11.6 Å². The Morgan fingerprint density at radius 3 is 2.30 bits per heavy atom. The minimum Gasteiger partial charge on any atom is -0.490 e. The van der Waals surface area contributed by atoms with E-state index in [-0.39, 0.29) is 18.9 Å². The van der Waals surface area contributed by atoms with Crippen molar-refractivity contribution in [2.75, 3.05) is 19.7 Å². The summed E-state index contributed by atoms with van der Waals surface area (Å²) in [4.78, 5) is 2.24. The molecule has 4 nitrogen and oxygen atoms in total. The lowest BCUT2D eigenvalue weighted by Gasteiger charge is -2.46. The van der Waals surface area contributed by atoms with Crippen LogP contribution < -0.4 is 4.74 Å². The van der Waals surface area contributed by atoms with Gasteiger partial charge in [-0.1, -0.05) is 30.3 Å². The first-order valence-corrected chi connectivity index (χ1v) is 10.7. The highest BCUT2D eigenvalue weighted by Gasteiger charge is 2.44. The molecule has 162 valence electrons. The van der Waals surface area contributed by atoms with Crippen molar-refractivity contribution in [1.29, 1.82) is 0 Å². The Bertz CT molecular complexity index is 821. The van der Waals surface area contributed by atoms with Gasteiger partial charge in [0.2, 0.25) is 0 Å². The molecule has 2 fully saturated rings. The van der Waals surface area contributed by atoms with Crippen molar-refractivity contribution >= 4 is 0 Å². The van der Waals surface area contributed by atoms with Crippen molar-refractivity contribution in [3.05, 3.63) is 65.7 Å². The number of rotatable bonds is 5. The molecule has 6 heteroatoms. The maximum Gasteiger partial charge on any atom is 0.137 e. The fourth-order valence-corrected chi connectivity index (χ4v) is 4.87. The third-order valence-corrected chi connectivity index (χ3v) is 6.60. The van der Waals surface area contributed by atoms with Gasteiger partial charge in [0.25, 0.3) is 0 Å². The molecule has 1 saturated carbocycles. The number of nitrogens with zero attached hydrogens (tertiary/aromatic N) is 1. The fraction of sp³-hybridized carbons (Fsp3) is 0.500. The van der Waals surface area contributed by atoms with Gasteiger partial charge in [-0.2, -0.15) is 0 Å². The van der Waals surface area contributed by atoms with Crippen LogP contribution in [0.1, 0.15) is 43.6 Å². The first kappa shape index (κ1) is 21.2. The summed E-state index contributed by atoms with van der Waals surface area (Å²) in [6.07, 6.45) is 3.79. The second kappa shape index (κ2) is 9.00. The van der Waals surface area contributed by atoms with E-state index in [0.29, 0.717) is 18.4 Å². The van der Waals surface area contributed by atoms with Gasteiger partial charge in [-0.25, -0.2) is 8.78 Å². The van der Waals surface area contributed by atoms with Gasteiger partial charge in [0.05, 0.1) is 6.10 Å². The first-order chi connectivity index (χ1) is 14.4. The molecule has 2 aromatic rings. The Morgan fingerprint density at radius 1 is 0.967 bits per heavy atom. The molecular formula is C24H29F2NO3. The zero-order chi connectivity index (χ0) is 21.1. The summed E-state index contributed by atoms with van der Waals surface area (Å²) in [5.41, 5.74) is -0.0885. The normalized spacial score (nSPS) is 30.2. The molecule has 1 saturated heterocycles. The number of hydrogen-bond donors (Lipinski definition) is 2. The highest BCUT2D eigenvalue weighted by atomic mass is 19.1. The molecule has 0 unspecified atom stereocenters. The molecule has 0 radical (unpaired) electrons. The second-order valence-corrected chi connectivity index (χ2v) is 8.69. The van der Waals surface area contributed by atoms with Crippen molar-refractivity contribution in [2.24, 2.45) is 0 Å². The maximum absolute atomic E-state index is 13.4. The number of aliphatic hydroxyl groups is 2. The van der Waals surface area contributed by atoms with Crippen LogP contribution in [0.25, 0.3) is 0 Å². The molecule has 1 aliphatic heterocycles. The smallest absolute Gasteiger partial charge is 0.137 e. The number of hydrogen-bond acceptors (Lipinski definition) is 4. The van der Waals surface area contributed by atoms with Crippen LogP contribution in [0.4, 0.5) is 8.78 Å². The average molecular weight is 417 g/mol. The first-order valence-electron chi connectivity index (χ1n) is 10.7. The van der Waals surface area contributed by atoms with Crippen LogP contribution >= 0.6 is 0 Å². The van der Waals surface area contributed by atoms with Crippen molar-refractivity contribution < 1.29 is 23.7 Å². The minimum atomic E-state index is -1.47. The predicted molar refractivity (Wildman–Crippen MR) is 110 cm³/mol. The number of β-amino-alcohol motifs (C(OH)–C–C–N with tert-alkyl or cyclic N) is 1. The van der Waals surface area contributed by atoms with E-state index in [1.54, 1.807) is 0 Å². The summed E-state index contributed by atoms with van der Waals surface area (Å²) in [5.74, 6) is -0.896. The highest BCUT2D eigenvalue weighted by molar-refractivity contribution is 5.24. The lowest BCUT2D eigenvalue weighted by molar-refractivity contribution is -0.147. The van der Waals surface area contributed by atoms with Gasteiger partial charge in [-0.15, -0.1) is 0 Å². The van der Waals surface area contributed by atoms with Gasteiger partial charge in [-0.3, -0.25) is 4.90 Å². The van der Waals surface area contributed by atoms with E-state index in [1.807, 2.05) is 6.07 Å². The molecule has 2 atom stereocenters. The lowest BCUT2D eigenvalue weighted by atomic mass is 9.80. The fourth-order valence-electron chi connectivity index (χ4n) is 4.87. The summed E-state index contributed by atoms with van der Waals surface area (Å²) < 4.78 is 32.2. The minimum absolute atomic E-state index is 0.00798. The number of piperidine rings is 1. The van der Waals surface area contributed by atoms with Gasteiger partial charge >= 0.3 is 0 Å². The number of ether oxygens (including phenoxy) is 1. The molecule has 0 amide bonds. The molecule has 1 heterocycles. The van der Waals surface area contributed by atoms with E-state index in [9.17, 15) is 19.0 Å². The Balaban J connectivity index is 1.36. The van der Waals surface area contributed by atoms with E-state index in [0.717, 1.165) is 50.4 Å². The molecule has 4 rings (SSSR count). The van der Waals surface area contributed by atoms with Gasteiger partial charge in [-0.05, 0) is 43.6 Å². The third kappa shape index (κ3) is 4.82. The number of benzene rings is 2. The number of likely N-dealkylation sites (tertiary alicyclic amines) is 1. The van der Waals surface area contributed by atoms with E-state index >= 15 is 0 Å². The molecule has 0 spiro atoms. The van der Waals surface area contributed by atoms with Gasteiger partial charge in [0, 0.05) is 37.3 Å². The predicted octanol–water partition coefficient (Wildman–Crippen LogP) is 3.87. The SMILES string of the molecule is O[C@H]1CCN(C2CCC(c3ccccc3)CC2)C[C@]1(O)COc1cc(F)cc(F)c1. The Labute approximate surface area is 176 Å².